The van der Waals surface area contributed by atoms with E-state index in [-0.39, 0.29) is 12.3 Å². The van der Waals surface area contributed by atoms with Crippen LogP contribution in [-0.2, 0) is 4.79 Å². The SMILES string of the molecule is Cc1cnn(-c2ccc(C(=O)NC3(CC(=O)O)CCC3)cc2)c1. The summed E-state index contributed by atoms with van der Waals surface area (Å²) in [7, 11) is 0. The Morgan fingerprint density at radius 1 is 1.30 bits per heavy atom. The van der Waals surface area contributed by atoms with Gasteiger partial charge in [0.1, 0.15) is 0 Å². The Morgan fingerprint density at radius 3 is 2.48 bits per heavy atom. The molecule has 1 heterocycles. The van der Waals surface area contributed by atoms with Crippen LogP contribution in [0.2, 0.25) is 0 Å². The number of aliphatic carboxylic acids is 1. The van der Waals surface area contributed by atoms with Crippen molar-refractivity contribution in [3.63, 3.8) is 0 Å². The Bertz CT molecular complexity index is 730. The summed E-state index contributed by atoms with van der Waals surface area (Å²) >= 11 is 0. The first-order chi connectivity index (χ1) is 11.0. The Morgan fingerprint density at radius 2 is 2.00 bits per heavy atom. The first kappa shape index (κ1) is 15.3. The van der Waals surface area contributed by atoms with Gasteiger partial charge < -0.3 is 10.4 Å². The van der Waals surface area contributed by atoms with Gasteiger partial charge in [-0.3, -0.25) is 9.59 Å². The number of amides is 1. The van der Waals surface area contributed by atoms with Gasteiger partial charge in [-0.25, -0.2) is 4.68 Å². The molecule has 1 amide bonds. The van der Waals surface area contributed by atoms with E-state index < -0.39 is 11.5 Å². The fourth-order valence-electron chi connectivity index (χ4n) is 2.87. The zero-order chi connectivity index (χ0) is 16.4. The average molecular weight is 313 g/mol. The standard InChI is InChI=1S/C17H19N3O3/c1-12-10-18-20(11-12)14-5-3-13(4-6-14)16(23)19-17(7-2-8-17)9-15(21)22/h3-6,10-11H,2,7-9H2,1H3,(H,19,23)(H,21,22). The minimum Gasteiger partial charge on any atom is -0.481 e. The molecule has 0 bridgehead atoms. The predicted molar refractivity (Wildman–Crippen MR) is 84.6 cm³/mol. The molecule has 0 spiro atoms. The maximum atomic E-state index is 12.4. The molecule has 120 valence electrons. The van der Waals surface area contributed by atoms with Crippen molar-refractivity contribution in [1.29, 1.82) is 0 Å². The van der Waals surface area contributed by atoms with E-state index in [2.05, 4.69) is 10.4 Å². The van der Waals surface area contributed by atoms with Gasteiger partial charge in [-0.15, -0.1) is 0 Å². The van der Waals surface area contributed by atoms with Crippen LogP contribution in [0.1, 0.15) is 41.6 Å². The highest BCUT2D eigenvalue weighted by Crippen LogP contribution is 2.35. The zero-order valence-corrected chi connectivity index (χ0v) is 13.0. The number of carbonyl (C=O) groups is 2. The zero-order valence-electron chi connectivity index (χ0n) is 13.0. The molecule has 0 radical (unpaired) electrons. The molecule has 3 rings (SSSR count). The second kappa shape index (κ2) is 5.87. The first-order valence-electron chi connectivity index (χ1n) is 7.63. The highest BCUT2D eigenvalue weighted by atomic mass is 16.4. The van der Waals surface area contributed by atoms with Gasteiger partial charge in [0.15, 0.2) is 0 Å². The van der Waals surface area contributed by atoms with Crippen LogP contribution in [0, 0.1) is 6.92 Å². The quantitative estimate of drug-likeness (QED) is 0.887. The van der Waals surface area contributed by atoms with E-state index in [1.807, 2.05) is 25.3 Å². The van der Waals surface area contributed by atoms with Crippen LogP contribution in [0.4, 0.5) is 0 Å². The number of aryl methyl sites for hydroxylation is 1. The predicted octanol–water partition coefficient (Wildman–Crippen LogP) is 2.31. The molecule has 1 aliphatic rings. The van der Waals surface area contributed by atoms with E-state index in [0.717, 1.165) is 30.5 Å². The lowest BCUT2D eigenvalue weighted by Gasteiger charge is -2.41. The minimum atomic E-state index is -0.880. The maximum Gasteiger partial charge on any atom is 0.305 e. The molecule has 0 saturated heterocycles. The second-order valence-electron chi connectivity index (χ2n) is 6.17. The van der Waals surface area contributed by atoms with Crippen LogP contribution in [0.3, 0.4) is 0 Å². The molecule has 0 atom stereocenters. The lowest BCUT2D eigenvalue weighted by molar-refractivity contribution is -0.139. The Hall–Kier alpha value is -2.63. The Balaban J connectivity index is 1.71. The summed E-state index contributed by atoms with van der Waals surface area (Å²) in [6.07, 6.45) is 6.04. The Labute approximate surface area is 134 Å². The van der Waals surface area contributed by atoms with Gasteiger partial charge in [-0.1, -0.05) is 0 Å². The summed E-state index contributed by atoms with van der Waals surface area (Å²) in [5, 5.41) is 16.1. The fraction of sp³-hybridized carbons (Fsp3) is 0.353. The first-order valence-corrected chi connectivity index (χ1v) is 7.63. The van der Waals surface area contributed by atoms with Gasteiger partial charge in [-0.2, -0.15) is 5.10 Å². The second-order valence-corrected chi connectivity index (χ2v) is 6.17. The van der Waals surface area contributed by atoms with Crippen LogP contribution in [0.15, 0.2) is 36.7 Å². The molecule has 0 unspecified atom stereocenters. The summed E-state index contributed by atoms with van der Waals surface area (Å²) in [6.45, 7) is 1.96. The van der Waals surface area contributed by atoms with Crippen LogP contribution in [0.5, 0.6) is 0 Å². The molecule has 1 aliphatic carbocycles. The van der Waals surface area contributed by atoms with Crippen molar-refractivity contribution in [1.82, 2.24) is 15.1 Å². The van der Waals surface area contributed by atoms with E-state index in [1.54, 1.807) is 23.0 Å². The van der Waals surface area contributed by atoms with E-state index >= 15 is 0 Å². The third kappa shape index (κ3) is 3.26. The smallest absolute Gasteiger partial charge is 0.305 e. The maximum absolute atomic E-state index is 12.4. The van der Waals surface area contributed by atoms with Crippen molar-refractivity contribution in [3.8, 4) is 5.69 Å². The number of carbonyl (C=O) groups excluding carboxylic acids is 1. The van der Waals surface area contributed by atoms with Crippen molar-refractivity contribution in [3.05, 3.63) is 47.8 Å². The molecular formula is C17H19N3O3. The summed E-state index contributed by atoms with van der Waals surface area (Å²) in [4.78, 5) is 23.3. The molecule has 23 heavy (non-hydrogen) atoms. The summed E-state index contributed by atoms with van der Waals surface area (Å²) in [5.74, 6) is -1.11. The van der Waals surface area contributed by atoms with Crippen molar-refractivity contribution in [2.45, 2.75) is 38.1 Å². The normalized spacial score (nSPS) is 15.7. The van der Waals surface area contributed by atoms with Gasteiger partial charge >= 0.3 is 5.97 Å². The number of carboxylic acids is 1. The Kier molecular flexibility index (Phi) is 3.90. The molecule has 2 N–H and O–H groups in total. The number of nitrogens with zero attached hydrogens (tertiary/aromatic N) is 2. The number of aromatic nitrogens is 2. The highest BCUT2D eigenvalue weighted by molar-refractivity contribution is 5.95. The molecular weight excluding hydrogens is 294 g/mol. The molecule has 2 aromatic rings. The molecule has 6 nitrogen and oxygen atoms in total. The lowest BCUT2D eigenvalue weighted by atomic mass is 9.74. The van der Waals surface area contributed by atoms with Crippen molar-refractivity contribution in [2.24, 2.45) is 0 Å². The van der Waals surface area contributed by atoms with Crippen LogP contribution in [-0.4, -0.2) is 32.3 Å². The molecule has 1 aromatic carbocycles. The van der Waals surface area contributed by atoms with Crippen molar-refractivity contribution < 1.29 is 14.7 Å². The number of hydrogen-bond acceptors (Lipinski definition) is 3. The topological polar surface area (TPSA) is 84.2 Å². The number of carboxylic acid groups (broad SMARTS) is 1. The number of hydrogen-bond donors (Lipinski definition) is 2. The summed E-state index contributed by atoms with van der Waals surface area (Å²) in [5.41, 5.74) is 1.88. The number of rotatable bonds is 5. The monoisotopic (exact) mass is 313 g/mol. The van der Waals surface area contributed by atoms with Crippen molar-refractivity contribution in [2.75, 3.05) is 0 Å². The minimum absolute atomic E-state index is 0.0244. The molecule has 0 aliphatic heterocycles. The van der Waals surface area contributed by atoms with E-state index in [1.165, 1.54) is 0 Å². The van der Waals surface area contributed by atoms with Crippen LogP contribution >= 0.6 is 0 Å². The highest BCUT2D eigenvalue weighted by Gasteiger charge is 2.40. The third-order valence-corrected chi connectivity index (χ3v) is 4.28. The van der Waals surface area contributed by atoms with Gasteiger partial charge in [0.05, 0.1) is 23.8 Å². The molecule has 1 aromatic heterocycles. The van der Waals surface area contributed by atoms with Gasteiger partial charge in [0.2, 0.25) is 0 Å². The average Bonchev–Trinajstić information content (AvgIpc) is 2.91. The number of nitrogens with one attached hydrogen (secondary N) is 1. The van der Waals surface area contributed by atoms with Gasteiger partial charge in [-0.05, 0) is 56.0 Å². The fourth-order valence-corrected chi connectivity index (χ4v) is 2.87. The van der Waals surface area contributed by atoms with Crippen molar-refractivity contribution >= 4 is 11.9 Å². The van der Waals surface area contributed by atoms with E-state index in [4.69, 9.17) is 5.11 Å². The molecule has 1 saturated carbocycles. The largest absolute Gasteiger partial charge is 0.481 e. The summed E-state index contributed by atoms with van der Waals surface area (Å²) < 4.78 is 1.74. The van der Waals surface area contributed by atoms with Crippen LogP contribution < -0.4 is 5.32 Å². The molecule has 6 heteroatoms. The lowest BCUT2D eigenvalue weighted by Crippen LogP contribution is -2.54. The third-order valence-electron chi connectivity index (χ3n) is 4.28. The van der Waals surface area contributed by atoms with Gasteiger partial charge in [0, 0.05) is 11.8 Å². The van der Waals surface area contributed by atoms with Crippen LogP contribution in [0.25, 0.3) is 5.69 Å². The molecule has 1 fully saturated rings. The number of benzene rings is 1. The van der Waals surface area contributed by atoms with E-state index in [9.17, 15) is 9.59 Å². The van der Waals surface area contributed by atoms with Gasteiger partial charge in [0.25, 0.3) is 5.91 Å². The summed E-state index contributed by atoms with van der Waals surface area (Å²) in [6, 6.07) is 7.11. The van der Waals surface area contributed by atoms with E-state index in [0.29, 0.717) is 5.56 Å².